The Kier molecular flexibility index (Phi) is 6.00. The molecule has 1 aromatic carbocycles. The highest BCUT2D eigenvalue weighted by molar-refractivity contribution is 7.14. The predicted octanol–water partition coefficient (Wildman–Crippen LogP) is 7.42. The van der Waals surface area contributed by atoms with E-state index in [1.54, 1.807) is 28.5 Å². The van der Waals surface area contributed by atoms with Gasteiger partial charge in [0.2, 0.25) is 0 Å². The number of hydrogen-bond acceptors (Lipinski definition) is 4. The van der Waals surface area contributed by atoms with Crippen LogP contribution in [0.2, 0.25) is 5.02 Å². The average molecular weight is 488 g/mol. The van der Waals surface area contributed by atoms with Gasteiger partial charge in [0.15, 0.2) is 0 Å². The van der Waals surface area contributed by atoms with Crippen LogP contribution in [-0.2, 0) is 11.8 Å². The lowest BCUT2D eigenvalue weighted by atomic mass is 9.90. The molecule has 4 aromatic rings. The van der Waals surface area contributed by atoms with Crippen LogP contribution in [0.25, 0.3) is 21.6 Å². The van der Waals surface area contributed by atoms with Crippen molar-refractivity contribution in [1.82, 2.24) is 9.97 Å². The number of fused-ring (bicyclic) bond motifs is 1. The van der Waals surface area contributed by atoms with E-state index in [-0.39, 0.29) is 11.3 Å². The number of benzene rings is 1. The van der Waals surface area contributed by atoms with E-state index in [4.69, 9.17) is 11.6 Å². The maximum atomic E-state index is 13.3. The lowest BCUT2D eigenvalue weighted by Crippen LogP contribution is -2.36. The standard InChI is InChI=1S/C28H26ClN3OS/c1-28(2,3)25-16-19(10-12-30-25)21-15-24(34-17-21)22-9-8-20(14-23(22)29)27(33)32-13-5-7-18-6-4-11-31-26(18)32/h4,6,8-12,14-17H,5,7,13H2,1-3H3. The molecule has 0 unspecified atom stereocenters. The minimum atomic E-state index is -0.0635. The predicted molar refractivity (Wildman–Crippen MR) is 141 cm³/mol. The maximum Gasteiger partial charge on any atom is 0.259 e. The summed E-state index contributed by atoms with van der Waals surface area (Å²) in [6, 6.07) is 15.9. The Bertz CT molecular complexity index is 1370. The maximum absolute atomic E-state index is 13.3. The molecular formula is C28H26ClN3OS. The summed E-state index contributed by atoms with van der Waals surface area (Å²) in [6.45, 7) is 7.16. The first-order valence-corrected chi connectivity index (χ1v) is 12.7. The van der Waals surface area contributed by atoms with Gasteiger partial charge in [0.05, 0.1) is 5.02 Å². The van der Waals surface area contributed by atoms with Crippen LogP contribution < -0.4 is 4.90 Å². The van der Waals surface area contributed by atoms with E-state index in [0.29, 0.717) is 17.1 Å². The molecule has 0 fully saturated rings. The van der Waals surface area contributed by atoms with Gasteiger partial charge >= 0.3 is 0 Å². The van der Waals surface area contributed by atoms with Crippen LogP contribution in [0.3, 0.4) is 0 Å². The second kappa shape index (κ2) is 8.97. The minimum absolute atomic E-state index is 0.00900. The molecule has 0 saturated carbocycles. The summed E-state index contributed by atoms with van der Waals surface area (Å²) < 4.78 is 0. The fourth-order valence-corrected chi connectivity index (χ4v) is 5.55. The molecule has 172 valence electrons. The molecule has 3 aromatic heterocycles. The summed E-state index contributed by atoms with van der Waals surface area (Å²) in [4.78, 5) is 25.1. The van der Waals surface area contributed by atoms with Crippen LogP contribution in [0.1, 0.15) is 48.8 Å². The smallest absolute Gasteiger partial charge is 0.259 e. The summed E-state index contributed by atoms with van der Waals surface area (Å²) in [6.07, 6.45) is 5.48. The first-order chi connectivity index (χ1) is 16.3. The molecule has 1 aliphatic rings. The van der Waals surface area contributed by atoms with Gasteiger partial charge in [-0.2, -0.15) is 0 Å². The number of amides is 1. The van der Waals surface area contributed by atoms with Crippen molar-refractivity contribution in [3.63, 3.8) is 0 Å². The third-order valence-electron chi connectivity index (χ3n) is 6.14. The number of aromatic nitrogens is 2. The van der Waals surface area contributed by atoms with Crippen molar-refractivity contribution in [2.75, 3.05) is 11.4 Å². The van der Waals surface area contributed by atoms with Gasteiger partial charge in [-0.15, -0.1) is 11.3 Å². The van der Waals surface area contributed by atoms with E-state index in [1.807, 2.05) is 36.5 Å². The lowest BCUT2D eigenvalue weighted by molar-refractivity contribution is 0.0984. The van der Waals surface area contributed by atoms with Crippen molar-refractivity contribution in [2.24, 2.45) is 0 Å². The molecule has 6 heteroatoms. The number of nitrogens with zero attached hydrogens (tertiary/aromatic N) is 3. The molecule has 1 amide bonds. The molecule has 0 aliphatic carbocycles. The van der Waals surface area contributed by atoms with Crippen molar-refractivity contribution in [3.05, 3.63) is 88.1 Å². The van der Waals surface area contributed by atoms with E-state index in [2.05, 4.69) is 48.3 Å². The zero-order chi connectivity index (χ0) is 23.9. The Morgan fingerprint density at radius 2 is 1.88 bits per heavy atom. The van der Waals surface area contributed by atoms with Gasteiger partial charge in [-0.25, -0.2) is 4.98 Å². The number of halogens is 1. The van der Waals surface area contributed by atoms with Crippen molar-refractivity contribution in [1.29, 1.82) is 0 Å². The van der Waals surface area contributed by atoms with Crippen molar-refractivity contribution in [3.8, 4) is 21.6 Å². The molecule has 0 atom stereocenters. The first-order valence-electron chi connectivity index (χ1n) is 11.4. The van der Waals surface area contributed by atoms with Gasteiger partial charge in [-0.3, -0.25) is 14.7 Å². The molecule has 0 spiro atoms. The highest BCUT2D eigenvalue weighted by Gasteiger charge is 2.25. The van der Waals surface area contributed by atoms with Gasteiger partial charge in [-0.05, 0) is 71.3 Å². The van der Waals surface area contributed by atoms with Crippen LogP contribution >= 0.6 is 22.9 Å². The molecule has 0 bridgehead atoms. The number of carbonyl (C=O) groups is 1. The summed E-state index contributed by atoms with van der Waals surface area (Å²) >= 11 is 8.35. The quantitative estimate of drug-likeness (QED) is 0.302. The molecular weight excluding hydrogens is 462 g/mol. The van der Waals surface area contributed by atoms with E-state index in [0.717, 1.165) is 51.5 Å². The highest BCUT2D eigenvalue weighted by atomic mass is 35.5. The Hall–Kier alpha value is -3.02. The zero-order valence-electron chi connectivity index (χ0n) is 19.5. The van der Waals surface area contributed by atoms with Crippen molar-refractivity contribution in [2.45, 2.75) is 39.0 Å². The molecule has 5 rings (SSSR count). The Morgan fingerprint density at radius 1 is 1.03 bits per heavy atom. The van der Waals surface area contributed by atoms with Gasteiger partial charge in [0, 0.05) is 46.1 Å². The number of carbonyl (C=O) groups excluding carboxylic acids is 1. The fourth-order valence-electron chi connectivity index (χ4n) is 4.25. The molecule has 0 saturated heterocycles. The Morgan fingerprint density at radius 3 is 2.68 bits per heavy atom. The summed E-state index contributed by atoms with van der Waals surface area (Å²) in [5.74, 6) is 0.695. The molecule has 1 aliphatic heterocycles. The van der Waals surface area contributed by atoms with Crippen LogP contribution in [0.15, 0.2) is 66.3 Å². The second-order valence-electron chi connectivity index (χ2n) is 9.62. The number of aryl methyl sites for hydroxylation is 1. The zero-order valence-corrected chi connectivity index (χ0v) is 21.1. The van der Waals surface area contributed by atoms with E-state index in [1.165, 1.54) is 0 Å². The van der Waals surface area contributed by atoms with Gasteiger partial charge in [0.1, 0.15) is 5.82 Å². The minimum Gasteiger partial charge on any atom is -0.292 e. The van der Waals surface area contributed by atoms with Crippen LogP contribution in [0.4, 0.5) is 5.82 Å². The topological polar surface area (TPSA) is 46.1 Å². The van der Waals surface area contributed by atoms with Gasteiger partial charge < -0.3 is 0 Å². The number of rotatable bonds is 3. The third-order valence-corrected chi connectivity index (χ3v) is 7.42. The van der Waals surface area contributed by atoms with Crippen molar-refractivity contribution < 1.29 is 4.79 Å². The lowest BCUT2D eigenvalue weighted by Gasteiger charge is -2.28. The Balaban J connectivity index is 1.42. The van der Waals surface area contributed by atoms with E-state index < -0.39 is 0 Å². The molecule has 4 heterocycles. The number of thiophene rings is 1. The normalized spacial score (nSPS) is 13.6. The van der Waals surface area contributed by atoms with Gasteiger partial charge in [0.25, 0.3) is 5.91 Å². The molecule has 4 nitrogen and oxygen atoms in total. The van der Waals surface area contributed by atoms with Crippen LogP contribution in [-0.4, -0.2) is 22.4 Å². The molecule has 0 N–H and O–H groups in total. The number of hydrogen-bond donors (Lipinski definition) is 0. The summed E-state index contributed by atoms with van der Waals surface area (Å²) in [5.41, 5.74) is 5.95. The van der Waals surface area contributed by atoms with E-state index >= 15 is 0 Å². The fraction of sp³-hybridized carbons (Fsp3) is 0.250. The van der Waals surface area contributed by atoms with Crippen molar-refractivity contribution >= 4 is 34.7 Å². The second-order valence-corrected chi connectivity index (χ2v) is 10.9. The largest absolute Gasteiger partial charge is 0.292 e. The number of anilines is 1. The van der Waals surface area contributed by atoms with Crippen LogP contribution in [0, 0.1) is 0 Å². The first kappa shape index (κ1) is 22.8. The summed E-state index contributed by atoms with van der Waals surface area (Å²) in [5, 5.41) is 2.71. The highest BCUT2D eigenvalue weighted by Crippen LogP contribution is 2.38. The number of pyridine rings is 2. The Labute approximate surface area is 209 Å². The monoisotopic (exact) mass is 487 g/mol. The van der Waals surface area contributed by atoms with E-state index in [9.17, 15) is 4.79 Å². The average Bonchev–Trinajstić information content (AvgIpc) is 3.33. The summed E-state index contributed by atoms with van der Waals surface area (Å²) in [7, 11) is 0. The van der Waals surface area contributed by atoms with Gasteiger partial charge in [-0.1, -0.05) is 44.5 Å². The molecule has 0 radical (unpaired) electrons. The molecule has 34 heavy (non-hydrogen) atoms. The SMILES string of the molecule is CC(C)(C)c1cc(-c2csc(-c3ccc(C(=O)N4CCCc5cccnc54)cc3Cl)c2)ccn1. The third kappa shape index (κ3) is 4.38. The van der Waals surface area contributed by atoms with Crippen LogP contribution in [0.5, 0.6) is 0 Å².